The van der Waals surface area contributed by atoms with Crippen molar-refractivity contribution in [3.63, 3.8) is 0 Å². The average Bonchev–Trinajstić information content (AvgIpc) is 2.24. The molecule has 1 rings (SSSR count). The van der Waals surface area contributed by atoms with Crippen molar-refractivity contribution in [3.05, 3.63) is 5.28 Å². The lowest BCUT2D eigenvalue weighted by atomic mass is 10.5. The first-order valence-electron chi connectivity index (χ1n) is 5.25. The van der Waals surface area contributed by atoms with E-state index < -0.39 is 9.84 Å². The molecule has 0 aliphatic carbocycles. The predicted molar refractivity (Wildman–Crippen MR) is 71.1 cm³/mol. The van der Waals surface area contributed by atoms with Gasteiger partial charge in [0.2, 0.25) is 5.28 Å². The van der Waals surface area contributed by atoms with Gasteiger partial charge in [-0.3, -0.25) is 0 Å². The fourth-order valence-electron chi connectivity index (χ4n) is 0.921. The van der Waals surface area contributed by atoms with Crippen LogP contribution in [0.1, 0.15) is 13.3 Å². The zero-order valence-electron chi connectivity index (χ0n) is 10.1. The van der Waals surface area contributed by atoms with E-state index in [0.717, 1.165) is 6.42 Å². The third kappa shape index (κ3) is 6.36. The number of rotatable bonds is 7. The molecular weight excluding hydrogens is 298 g/mol. The fraction of sp³-hybridized carbons (Fsp3) is 0.667. The Bertz CT molecular complexity index is 496. The average molecular weight is 312 g/mol. The Hall–Kier alpha value is -0.600. The summed E-state index contributed by atoms with van der Waals surface area (Å²) in [5, 5.41) is 0.405. The van der Waals surface area contributed by atoms with E-state index >= 15 is 0 Å². The van der Waals surface area contributed by atoms with E-state index in [-0.39, 0.29) is 17.0 Å². The van der Waals surface area contributed by atoms with Crippen LogP contribution in [0.4, 0.5) is 0 Å². The highest BCUT2D eigenvalue weighted by atomic mass is 35.5. The van der Waals surface area contributed by atoms with E-state index in [2.05, 4.69) is 15.0 Å². The normalized spacial score (nSPS) is 11.5. The van der Waals surface area contributed by atoms with Crippen molar-refractivity contribution >= 4 is 33.2 Å². The number of sulfone groups is 1. The van der Waals surface area contributed by atoms with E-state index in [4.69, 9.17) is 16.3 Å². The maximum absolute atomic E-state index is 11.0. The summed E-state index contributed by atoms with van der Waals surface area (Å²) in [4.78, 5) is 11.7. The van der Waals surface area contributed by atoms with Gasteiger partial charge in [-0.25, -0.2) is 8.42 Å². The third-order valence-electron chi connectivity index (χ3n) is 1.69. The molecule has 0 spiro atoms. The van der Waals surface area contributed by atoms with Crippen molar-refractivity contribution in [2.45, 2.75) is 18.5 Å². The minimum Gasteiger partial charge on any atom is -0.463 e. The van der Waals surface area contributed by atoms with E-state index in [9.17, 15) is 8.42 Å². The van der Waals surface area contributed by atoms with Crippen LogP contribution in [-0.4, -0.2) is 47.7 Å². The number of hydrogen-bond donors (Lipinski definition) is 0. The van der Waals surface area contributed by atoms with Gasteiger partial charge in [-0.2, -0.15) is 15.0 Å². The van der Waals surface area contributed by atoms with Crippen LogP contribution in [0.3, 0.4) is 0 Å². The second kappa shape index (κ2) is 7.10. The number of hydrogen-bond acceptors (Lipinski definition) is 7. The smallest absolute Gasteiger partial charge is 0.321 e. The van der Waals surface area contributed by atoms with Gasteiger partial charge in [-0.1, -0.05) is 18.7 Å². The van der Waals surface area contributed by atoms with Crippen molar-refractivity contribution in [1.29, 1.82) is 0 Å². The maximum atomic E-state index is 11.0. The molecule has 0 atom stereocenters. The summed E-state index contributed by atoms with van der Waals surface area (Å²) in [7, 11) is -2.98. The number of aromatic nitrogens is 3. The van der Waals surface area contributed by atoms with Gasteiger partial charge in [0, 0.05) is 12.0 Å². The van der Waals surface area contributed by atoms with Crippen LogP contribution < -0.4 is 4.74 Å². The summed E-state index contributed by atoms with van der Waals surface area (Å²) >= 11 is 6.93. The molecule has 18 heavy (non-hydrogen) atoms. The Labute approximate surface area is 115 Å². The van der Waals surface area contributed by atoms with Crippen molar-refractivity contribution in [3.8, 4) is 6.01 Å². The second-order valence-corrected chi connectivity index (χ2v) is 7.16. The molecule has 0 aromatic carbocycles. The molecule has 0 radical (unpaired) electrons. The summed E-state index contributed by atoms with van der Waals surface area (Å²) in [6.45, 7) is 2.46. The molecule has 9 heteroatoms. The van der Waals surface area contributed by atoms with Crippen molar-refractivity contribution in [2.75, 3.05) is 24.4 Å². The van der Waals surface area contributed by atoms with Crippen LogP contribution in [0, 0.1) is 0 Å². The van der Waals surface area contributed by atoms with Gasteiger partial charge in [-0.05, 0) is 18.0 Å². The van der Waals surface area contributed by atoms with Crippen LogP contribution in [0.15, 0.2) is 5.16 Å². The Balaban J connectivity index is 2.62. The molecule has 0 N–H and O–H groups in total. The molecular formula is C9H14ClN3O3S2. The second-order valence-electron chi connectivity index (χ2n) is 3.50. The molecule has 0 amide bonds. The van der Waals surface area contributed by atoms with Crippen LogP contribution in [0.5, 0.6) is 6.01 Å². The van der Waals surface area contributed by atoms with Crippen LogP contribution in [0.2, 0.25) is 5.28 Å². The number of ether oxygens (including phenoxy) is 1. The van der Waals surface area contributed by atoms with Gasteiger partial charge in [0.1, 0.15) is 9.84 Å². The van der Waals surface area contributed by atoms with E-state index in [1.807, 2.05) is 6.92 Å². The third-order valence-corrected chi connectivity index (χ3v) is 3.91. The lowest BCUT2D eigenvalue weighted by molar-refractivity contribution is 0.288. The van der Waals surface area contributed by atoms with E-state index in [1.165, 1.54) is 18.0 Å². The van der Waals surface area contributed by atoms with Gasteiger partial charge in [-0.15, -0.1) is 0 Å². The molecule has 0 saturated carbocycles. The minimum absolute atomic E-state index is 0.0398. The Morgan fingerprint density at radius 2 is 2.06 bits per heavy atom. The van der Waals surface area contributed by atoms with Crippen molar-refractivity contribution in [2.24, 2.45) is 0 Å². The Kier molecular flexibility index (Phi) is 6.10. The van der Waals surface area contributed by atoms with Gasteiger partial charge in [0.05, 0.1) is 12.4 Å². The Morgan fingerprint density at radius 3 is 2.67 bits per heavy atom. The van der Waals surface area contributed by atoms with Crippen LogP contribution in [-0.2, 0) is 9.84 Å². The minimum atomic E-state index is -2.98. The fourth-order valence-corrected chi connectivity index (χ4v) is 3.14. The standard InChI is InChI=1S/C9H14ClN3O3S2/c1-3-4-16-8-11-7(10)12-9(13-8)17-5-6-18(2,14)15/h3-6H2,1-2H3. The zero-order valence-corrected chi connectivity index (χ0v) is 12.5. The molecule has 0 bridgehead atoms. The highest BCUT2D eigenvalue weighted by molar-refractivity contribution is 8.00. The van der Waals surface area contributed by atoms with Crippen molar-refractivity contribution < 1.29 is 13.2 Å². The molecule has 0 fully saturated rings. The summed E-state index contributed by atoms with van der Waals surface area (Å²) in [5.74, 6) is 0.429. The lowest BCUT2D eigenvalue weighted by Crippen LogP contribution is -2.06. The van der Waals surface area contributed by atoms with E-state index in [1.54, 1.807) is 0 Å². The molecule has 0 aliphatic heterocycles. The van der Waals surface area contributed by atoms with Gasteiger partial charge in [0.25, 0.3) is 0 Å². The van der Waals surface area contributed by atoms with Gasteiger partial charge in [0.15, 0.2) is 5.16 Å². The Morgan fingerprint density at radius 1 is 1.33 bits per heavy atom. The molecule has 0 saturated heterocycles. The quantitative estimate of drug-likeness (QED) is 0.705. The summed E-state index contributed by atoms with van der Waals surface area (Å²) < 4.78 is 27.2. The summed E-state index contributed by atoms with van der Waals surface area (Å²) in [6, 6.07) is 0.165. The van der Waals surface area contributed by atoms with E-state index in [0.29, 0.717) is 17.5 Å². The van der Waals surface area contributed by atoms with Crippen molar-refractivity contribution in [1.82, 2.24) is 15.0 Å². The largest absolute Gasteiger partial charge is 0.463 e. The molecule has 1 aromatic heterocycles. The molecule has 6 nitrogen and oxygen atoms in total. The SMILES string of the molecule is CCCOc1nc(Cl)nc(SCCS(C)(=O)=O)n1. The molecule has 1 heterocycles. The highest BCUT2D eigenvalue weighted by Gasteiger charge is 2.08. The first-order chi connectivity index (χ1) is 8.40. The summed E-state index contributed by atoms with van der Waals surface area (Å²) in [6.07, 6.45) is 2.02. The first kappa shape index (κ1) is 15.5. The molecule has 1 aromatic rings. The van der Waals surface area contributed by atoms with Crippen LogP contribution >= 0.6 is 23.4 Å². The number of thioether (sulfide) groups is 1. The van der Waals surface area contributed by atoms with Gasteiger partial charge >= 0.3 is 6.01 Å². The maximum Gasteiger partial charge on any atom is 0.321 e. The lowest BCUT2D eigenvalue weighted by Gasteiger charge is -2.04. The monoisotopic (exact) mass is 311 g/mol. The predicted octanol–water partition coefficient (Wildman–Crippen LogP) is 1.45. The first-order valence-corrected chi connectivity index (χ1v) is 8.68. The molecule has 102 valence electrons. The number of nitrogens with zero attached hydrogens (tertiary/aromatic N) is 3. The highest BCUT2D eigenvalue weighted by Crippen LogP contribution is 2.17. The number of halogens is 1. The van der Waals surface area contributed by atoms with Gasteiger partial charge < -0.3 is 4.74 Å². The van der Waals surface area contributed by atoms with Crippen LogP contribution in [0.25, 0.3) is 0 Å². The summed E-state index contributed by atoms with van der Waals surface area (Å²) in [5.41, 5.74) is 0. The zero-order chi connectivity index (χ0) is 13.6. The molecule has 0 aliphatic rings. The topological polar surface area (TPSA) is 82.0 Å². The molecule has 0 unspecified atom stereocenters.